The lowest BCUT2D eigenvalue weighted by molar-refractivity contribution is 0.607. The molecule has 6 heteroatoms. The van der Waals surface area contributed by atoms with Gasteiger partial charge in [0.1, 0.15) is 4.58 Å². The monoisotopic (exact) mass is 218 g/mol. The van der Waals surface area contributed by atoms with Crippen LogP contribution in [0.4, 0.5) is 0 Å². The molecule has 1 aliphatic heterocycles. The van der Waals surface area contributed by atoms with Crippen LogP contribution in [0, 0.1) is 0 Å². The van der Waals surface area contributed by atoms with Gasteiger partial charge < -0.3 is 0 Å². The Morgan fingerprint density at radius 1 is 1.70 bits per heavy atom. The van der Waals surface area contributed by atoms with Gasteiger partial charge in [-0.15, -0.1) is 0 Å². The largest absolute Gasteiger partial charge is 0.245 e. The lowest BCUT2D eigenvalue weighted by atomic mass is 10.5. The Morgan fingerprint density at radius 2 is 2.30 bits per heavy atom. The fourth-order valence-corrected chi connectivity index (χ4v) is 3.43. The molecule has 1 aliphatic rings. The summed E-state index contributed by atoms with van der Waals surface area (Å²) in [6.45, 7) is 0. The molecule has 0 N–H and O–H groups in total. The van der Waals surface area contributed by atoms with Crippen molar-refractivity contribution >= 4 is 43.1 Å². The standard InChI is InChI=1S/C4H4Cl2O2S2/c5-3-1-2-4(9-3)10(6,7)8/h1,4H,2H2. The Labute approximate surface area is 73.0 Å². The molecule has 0 fully saturated rings. The molecular weight excluding hydrogens is 215 g/mol. The predicted octanol–water partition coefficient (Wildman–Crippen LogP) is 2.10. The van der Waals surface area contributed by atoms with Crippen LogP contribution in [0.3, 0.4) is 0 Å². The first-order valence-electron chi connectivity index (χ1n) is 2.46. The molecule has 1 rings (SSSR count). The summed E-state index contributed by atoms with van der Waals surface area (Å²) in [4.78, 5) is 0. The number of halogens is 2. The van der Waals surface area contributed by atoms with Crippen molar-refractivity contribution in [2.45, 2.75) is 11.0 Å². The minimum absolute atomic E-state index is 0.412. The highest BCUT2D eigenvalue weighted by Crippen LogP contribution is 2.38. The van der Waals surface area contributed by atoms with E-state index < -0.39 is 13.6 Å². The van der Waals surface area contributed by atoms with E-state index in [-0.39, 0.29) is 0 Å². The summed E-state index contributed by atoms with van der Waals surface area (Å²) < 4.78 is 21.2. The van der Waals surface area contributed by atoms with E-state index in [1.165, 1.54) is 0 Å². The average molecular weight is 219 g/mol. The molecule has 0 radical (unpaired) electrons. The van der Waals surface area contributed by atoms with Crippen LogP contribution in [-0.4, -0.2) is 13.0 Å². The van der Waals surface area contributed by atoms with Crippen molar-refractivity contribution in [2.75, 3.05) is 0 Å². The highest BCUT2D eigenvalue weighted by atomic mass is 35.7. The molecule has 0 aromatic rings. The van der Waals surface area contributed by atoms with Gasteiger partial charge >= 0.3 is 0 Å². The Bertz CT molecular complexity index is 256. The van der Waals surface area contributed by atoms with Gasteiger partial charge in [0.15, 0.2) is 0 Å². The van der Waals surface area contributed by atoms with Crippen LogP contribution in [0.1, 0.15) is 6.42 Å². The first-order valence-corrected chi connectivity index (χ1v) is 6.09. The van der Waals surface area contributed by atoms with E-state index in [0.29, 0.717) is 10.8 Å². The van der Waals surface area contributed by atoms with Gasteiger partial charge in [-0.2, -0.15) is 0 Å². The Balaban J connectivity index is 2.68. The SMILES string of the molecule is O=S(=O)(Cl)C1CC=C(Cl)S1. The number of hydrogen-bond acceptors (Lipinski definition) is 3. The summed E-state index contributed by atoms with van der Waals surface area (Å²) in [5.41, 5.74) is 0. The molecule has 0 saturated carbocycles. The van der Waals surface area contributed by atoms with Crippen molar-refractivity contribution in [3.8, 4) is 0 Å². The highest BCUT2D eigenvalue weighted by molar-refractivity contribution is 8.26. The second-order valence-electron chi connectivity index (χ2n) is 1.77. The van der Waals surface area contributed by atoms with Gasteiger partial charge in [0.25, 0.3) is 0 Å². The minimum Gasteiger partial charge on any atom is -0.211 e. The predicted molar refractivity (Wildman–Crippen MR) is 44.7 cm³/mol. The molecule has 58 valence electrons. The number of allylic oxidation sites excluding steroid dienone is 1. The zero-order chi connectivity index (χ0) is 7.78. The summed E-state index contributed by atoms with van der Waals surface area (Å²) >= 11 is 6.59. The maximum absolute atomic E-state index is 10.6. The normalized spacial score (nSPS) is 26.6. The van der Waals surface area contributed by atoms with Crippen molar-refractivity contribution in [3.63, 3.8) is 0 Å². The Morgan fingerprint density at radius 3 is 2.50 bits per heavy atom. The molecule has 0 spiro atoms. The Hall–Kier alpha value is 0.620. The summed E-state index contributed by atoms with van der Waals surface area (Å²) in [6, 6.07) is 0. The first kappa shape index (κ1) is 8.71. The summed E-state index contributed by atoms with van der Waals surface area (Å²) in [5, 5.41) is 0. The summed E-state index contributed by atoms with van der Waals surface area (Å²) in [5.74, 6) is 0. The highest BCUT2D eigenvalue weighted by Gasteiger charge is 2.27. The van der Waals surface area contributed by atoms with Gasteiger partial charge in [-0.3, -0.25) is 0 Å². The van der Waals surface area contributed by atoms with Gasteiger partial charge in [-0.1, -0.05) is 29.4 Å². The fourth-order valence-electron chi connectivity index (χ4n) is 0.583. The van der Waals surface area contributed by atoms with Crippen LogP contribution in [0.25, 0.3) is 0 Å². The molecule has 0 saturated heterocycles. The van der Waals surface area contributed by atoms with Gasteiger partial charge in [-0.05, 0) is 6.42 Å². The van der Waals surface area contributed by atoms with Gasteiger partial charge in [0.2, 0.25) is 9.05 Å². The van der Waals surface area contributed by atoms with E-state index in [1.807, 2.05) is 0 Å². The molecule has 1 heterocycles. The van der Waals surface area contributed by atoms with Crippen LogP contribution in [-0.2, 0) is 9.05 Å². The van der Waals surface area contributed by atoms with Crippen molar-refractivity contribution in [1.82, 2.24) is 0 Å². The number of thioether (sulfide) groups is 1. The zero-order valence-electron chi connectivity index (χ0n) is 4.75. The topological polar surface area (TPSA) is 34.1 Å². The minimum atomic E-state index is -3.44. The lowest BCUT2D eigenvalue weighted by Crippen LogP contribution is -2.06. The van der Waals surface area contributed by atoms with Gasteiger partial charge in [0, 0.05) is 10.7 Å². The zero-order valence-corrected chi connectivity index (χ0v) is 7.90. The van der Waals surface area contributed by atoms with Crippen molar-refractivity contribution in [2.24, 2.45) is 0 Å². The van der Waals surface area contributed by atoms with Crippen LogP contribution in [0.2, 0.25) is 0 Å². The van der Waals surface area contributed by atoms with Crippen molar-refractivity contribution in [3.05, 3.63) is 10.4 Å². The molecule has 10 heavy (non-hydrogen) atoms. The van der Waals surface area contributed by atoms with E-state index in [9.17, 15) is 8.42 Å². The second-order valence-corrected chi connectivity index (χ2v) is 6.75. The third kappa shape index (κ3) is 2.05. The molecular formula is C4H4Cl2O2S2. The summed E-state index contributed by atoms with van der Waals surface area (Å²) in [6.07, 6.45) is 2.06. The third-order valence-corrected chi connectivity index (χ3v) is 5.13. The Kier molecular flexibility index (Phi) is 2.55. The molecule has 1 atom stereocenters. The van der Waals surface area contributed by atoms with Crippen molar-refractivity contribution in [1.29, 1.82) is 0 Å². The van der Waals surface area contributed by atoms with Crippen LogP contribution < -0.4 is 0 Å². The van der Waals surface area contributed by atoms with E-state index >= 15 is 0 Å². The number of hydrogen-bond donors (Lipinski definition) is 0. The lowest BCUT2D eigenvalue weighted by Gasteiger charge is -2.01. The van der Waals surface area contributed by atoms with Gasteiger partial charge in [0.05, 0.1) is 4.36 Å². The van der Waals surface area contributed by atoms with E-state index in [1.54, 1.807) is 6.08 Å². The third-order valence-electron chi connectivity index (χ3n) is 1.03. The number of rotatable bonds is 1. The van der Waals surface area contributed by atoms with E-state index in [2.05, 4.69) is 0 Å². The molecule has 2 nitrogen and oxygen atoms in total. The smallest absolute Gasteiger partial charge is 0.211 e. The molecule has 0 amide bonds. The fraction of sp³-hybridized carbons (Fsp3) is 0.500. The quantitative estimate of drug-likeness (QED) is 0.633. The average Bonchev–Trinajstić information content (AvgIpc) is 2.11. The molecule has 1 unspecified atom stereocenters. The van der Waals surface area contributed by atoms with Crippen LogP contribution in [0.5, 0.6) is 0 Å². The molecule has 0 aromatic carbocycles. The maximum atomic E-state index is 10.6. The van der Waals surface area contributed by atoms with Gasteiger partial charge in [-0.25, -0.2) is 8.42 Å². The first-order chi connectivity index (χ1) is 4.50. The van der Waals surface area contributed by atoms with Crippen molar-refractivity contribution < 1.29 is 8.42 Å². The molecule has 0 bridgehead atoms. The van der Waals surface area contributed by atoms with Crippen LogP contribution >= 0.6 is 34.0 Å². The maximum Gasteiger partial charge on any atom is 0.245 e. The van der Waals surface area contributed by atoms with E-state index in [0.717, 1.165) is 11.8 Å². The van der Waals surface area contributed by atoms with Crippen LogP contribution in [0.15, 0.2) is 10.4 Å². The molecule has 0 aliphatic carbocycles. The summed E-state index contributed by atoms with van der Waals surface area (Å²) in [7, 11) is 1.63. The van der Waals surface area contributed by atoms with E-state index in [4.69, 9.17) is 22.3 Å². The molecule has 0 aromatic heterocycles. The second kappa shape index (κ2) is 2.93.